The summed E-state index contributed by atoms with van der Waals surface area (Å²) < 4.78 is 5.47. The molecule has 82 valence electrons. The SMILES string of the molecule is O=C(NC1CNC1)c1cc2ccccc2o1. The zero-order chi connectivity index (χ0) is 11.0. The van der Waals surface area contributed by atoms with Gasteiger partial charge in [0, 0.05) is 18.5 Å². The van der Waals surface area contributed by atoms with Crippen LogP contribution < -0.4 is 10.6 Å². The molecule has 2 aromatic rings. The zero-order valence-corrected chi connectivity index (χ0v) is 8.69. The molecule has 1 aromatic carbocycles. The van der Waals surface area contributed by atoms with E-state index in [2.05, 4.69) is 10.6 Å². The van der Waals surface area contributed by atoms with Crippen LogP contribution in [0, 0.1) is 0 Å². The minimum atomic E-state index is -0.136. The van der Waals surface area contributed by atoms with Crippen molar-refractivity contribution in [3.63, 3.8) is 0 Å². The molecule has 0 radical (unpaired) electrons. The summed E-state index contributed by atoms with van der Waals surface area (Å²) in [5, 5.41) is 6.96. The lowest BCUT2D eigenvalue weighted by Crippen LogP contribution is -2.56. The Hall–Kier alpha value is -1.81. The van der Waals surface area contributed by atoms with Crippen molar-refractivity contribution in [2.75, 3.05) is 13.1 Å². The molecule has 1 amide bonds. The molecule has 1 saturated heterocycles. The van der Waals surface area contributed by atoms with Gasteiger partial charge in [-0.2, -0.15) is 0 Å². The van der Waals surface area contributed by atoms with Crippen LogP contribution in [-0.2, 0) is 0 Å². The molecule has 0 aliphatic carbocycles. The normalized spacial score (nSPS) is 16.0. The molecule has 0 saturated carbocycles. The number of para-hydroxylation sites is 1. The molecule has 0 atom stereocenters. The molecule has 2 heterocycles. The Morgan fingerprint density at radius 3 is 2.88 bits per heavy atom. The minimum absolute atomic E-state index is 0.136. The number of hydrogen-bond acceptors (Lipinski definition) is 3. The van der Waals surface area contributed by atoms with Gasteiger partial charge in [-0.15, -0.1) is 0 Å². The zero-order valence-electron chi connectivity index (χ0n) is 8.69. The van der Waals surface area contributed by atoms with Crippen molar-refractivity contribution in [3.8, 4) is 0 Å². The van der Waals surface area contributed by atoms with Crippen molar-refractivity contribution in [2.24, 2.45) is 0 Å². The van der Waals surface area contributed by atoms with Crippen LogP contribution in [0.4, 0.5) is 0 Å². The van der Waals surface area contributed by atoms with Gasteiger partial charge in [0.1, 0.15) is 5.58 Å². The summed E-state index contributed by atoms with van der Waals surface area (Å²) in [6.45, 7) is 1.68. The number of benzene rings is 1. The van der Waals surface area contributed by atoms with Gasteiger partial charge in [0.05, 0.1) is 6.04 Å². The first kappa shape index (κ1) is 9.42. The Kier molecular flexibility index (Phi) is 2.15. The Morgan fingerprint density at radius 2 is 2.19 bits per heavy atom. The predicted molar refractivity (Wildman–Crippen MR) is 60.3 cm³/mol. The number of carbonyl (C=O) groups is 1. The maximum absolute atomic E-state index is 11.8. The molecule has 4 heteroatoms. The summed E-state index contributed by atoms with van der Waals surface area (Å²) in [5.41, 5.74) is 0.749. The standard InChI is InChI=1S/C12H12N2O2/c15-12(14-9-6-13-7-9)11-5-8-3-1-2-4-10(8)16-11/h1-5,9,13H,6-7H2,(H,14,15). The number of nitrogens with one attached hydrogen (secondary N) is 2. The largest absolute Gasteiger partial charge is 0.451 e. The van der Waals surface area contributed by atoms with Crippen molar-refractivity contribution in [3.05, 3.63) is 36.1 Å². The van der Waals surface area contributed by atoms with Crippen molar-refractivity contribution in [1.29, 1.82) is 0 Å². The lowest BCUT2D eigenvalue weighted by atomic mass is 10.2. The van der Waals surface area contributed by atoms with Crippen LogP contribution in [0.1, 0.15) is 10.6 Å². The van der Waals surface area contributed by atoms with E-state index in [4.69, 9.17) is 4.42 Å². The van der Waals surface area contributed by atoms with Gasteiger partial charge in [-0.25, -0.2) is 0 Å². The first-order chi connectivity index (χ1) is 7.83. The van der Waals surface area contributed by atoms with E-state index < -0.39 is 0 Å². The van der Waals surface area contributed by atoms with Gasteiger partial charge in [0.25, 0.3) is 5.91 Å². The van der Waals surface area contributed by atoms with Crippen LogP contribution in [0.5, 0.6) is 0 Å². The van der Waals surface area contributed by atoms with Crippen LogP contribution in [0.25, 0.3) is 11.0 Å². The second-order valence-corrected chi connectivity index (χ2v) is 3.98. The Labute approximate surface area is 92.6 Å². The number of fused-ring (bicyclic) bond motifs is 1. The number of furan rings is 1. The number of amides is 1. The topological polar surface area (TPSA) is 54.3 Å². The molecule has 1 aliphatic heterocycles. The summed E-state index contributed by atoms with van der Waals surface area (Å²) in [5.74, 6) is 0.246. The summed E-state index contributed by atoms with van der Waals surface area (Å²) in [6.07, 6.45) is 0. The summed E-state index contributed by atoms with van der Waals surface area (Å²) in [4.78, 5) is 11.8. The Morgan fingerprint density at radius 1 is 1.38 bits per heavy atom. The van der Waals surface area contributed by atoms with Crippen LogP contribution in [0.15, 0.2) is 34.7 Å². The molecular formula is C12H12N2O2. The van der Waals surface area contributed by atoms with Gasteiger partial charge in [-0.05, 0) is 12.1 Å². The van der Waals surface area contributed by atoms with Gasteiger partial charge < -0.3 is 15.1 Å². The molecule has 4 nitrogen and oxygen atoms in total. The molecule has 1 aliphatic rings. The first-order valence-corrected chi connectivity index (χ1v) is 5.33. The van der Waals surface area contributed by atoms with E-state index in [0.29, 0.717) is 5.76 Å². The summed E-state index contributed by atoms with van der Waals surface area (Å²) >= 11 is 0. The van der Waals surface area contributed by atoms with Gasteiger partial charge in [-0.3, -0.25) is 4.79 Å². The fourth-order valence-electron chi connectivity index (χ4n) is 1.74. The second-order valence-electron chi connectivity index (χ2n) is 3.98. The van der Waals surface area contributed by atoms with E-state index in [1.807, 2.05) is 24.3 Å². The first-order valence-electron chi connectivity index (χ1n) is 5.33. The van der Waals surface area contributed by atoms with Crippen LogP contribution in [-0.4, -0.2) is 25.0 Å². The van der Waals surface area contributed by atoms with E-state index >= 15 is 0 Å². The average molecular weight is 216 g/mol. The molecule has 0 bridgehead atoms. The quantitative estimate of drug-likeness (QED) is 0.791. The second kappa shape index (κ2) is 3.64. The smallest absolute Gasteiger partial charge is 0.287 e. The lowest BCUT2D eigenvalue weighted by molar-refractivity contribution is 0.0898. The molecule has 16 heavy (non-hydrogen) atoms. The van der Waals surface area contributed by atoms with E-state index in [-0.39, 0.29) is 11.9 Å². The molecule has 2 N–H and O–H groups in total. The number of carbonyl (C=O) groups excluding carboxylic acids is 1. The maximum atomic E-state index is 11.8. The van der Waals surface area contributed by atoms with Gasteiger partial charge in [0.15, 0.2) is 5.76 Å². The Balaban J connectivity index is 1.84. The fraction of sp³-hybridized carbons (Fsp3) is 0.250. The van der Waals surface area contributed by atoms with Crippen molar-refractivity contribution in [1.82, 2.24) is 10.6 Å². The Bertz CT molecular complexity index is 496. The fourth-order valence-corrected chi connectivity index (χ4v) is 1.74. The molecular weight excluding hydrogens is 204 g/mol. The van der Waals surface area contributed by atoms with Crippen molar-refractivity contribution in [2.45, 2.75) is 6.04 Å². The van der Waals surface area contributed by atoms with E-state index in [9.17, 15) is 4.79 Å². The third-order valence-electron chi connectivity index (χ3n) is 2.77. The highest BCUT2D eigenvalue weighted by Crippen LogP contribution is 2.18. The maximum Gasteiger partial charge on any atom is 0.287 e. The molecule has 0 spiro atoms. The third kappa shape index (κ3) is 1.57. The van der Waals surface area contributed by atoms with Gasteiger partial charge >= 0.3 is 0 Å². The molecule has 1 fully saturated rings. The van der Waals surface area contributed by atoms with E-state index in [0.717, 1.165) is 24.1 Å². The average Bonchev–Trinajstić information content (AvgIpc) is 2.66. The van der Waals surface area contributed by atoms with E-state index in [1.165, 1.54) is 0 Å². The highest BCUT2D eigenvalue weighted by atomic mass is 16.3. The van der Waals surface area contributed by atoms with Crippen LogP contribution >= 0.6 is 0 Å². The monoisotopic (exact) mass is 216 g/mol. The summed E-state index contributed by atoms with van der Waals surface area (Å²) in [7, 11) is 0. The summed E-state index contributed by atoms with van der Waals surface area (Å²) in [6, 6.07) is 9.62. The third-order valence-corrected chi connectivity index (χ3v) is 2.77. The number of hydrogen-bond donors (Lipinski definition) is 2. The molecule has 0 unspecified atom stereocenters. The lowest BCUT2D eigenvalue weighted by Gasteiger charge is -2.27. The highest BCUT2D eigenvalue weighted by molar-refractivity contribution is 5.96. The number of rotatable bonds is 2. The van der Waals surface area contributed by atoms with Gasteiger partial charge in [-0.1, -0.05) is 18.2 Å². The molecule has 1 aromatic heterocycles. The highest BCUT2D eigenvalue weighted by Gasteiger charge is 2.21. The van der Waals surface area contributed by atoms with Crippen LogP contribution in [0.2, 0.25) is 0 Å². The van der Waals surface area contributed by atoms with Gasteiger partial charge in [0.2, 0.25) is 0 Å². The minimum Gasteiger partial charge on any atom is -0.451 e. The van der Waals surface area contributed by atoms with Crippen molar-refractivity contribution < 1.29 is 9.21 Å². The molecule has 3 rings (SSSR count). The van der Waals surface area contributed by atoms with E-state index in [1.54, 1.807) is 6.07 Å². The predicted octanol–water partition coefficient (Wildman–Crippen LogP) is 1.13. The van der Waals surface area contributed by atoms with Crippen LogP contribution in [0.3, 0.4) is 0 Å². The van der Waals surface area contributed by atoms with Crippen molar-refractivity contribution >= 4 is 16.9 Å².